The Kier molecular flexibility index (Phi) is 9.10. The van der Waals surface area contributed by atoms with Crippen molar-refractivity contribution in [2.24, 2.45) is 0 Å². The summed E-state index contributed by atoms with van der Waals surface area (Å²) in [6.07, 6.45) is 8.37. The van der Waals surface area contributed by atoms with Crippen molar-refractivity contribution in [3.05, 3.63) is 0 Å². The van der Waals surface area contributed by atoms with E-state index in [2.05, 4.69) is 27.7 Å². The molecule has 0 aliphatic rings. The molecule has 0 fully saturated rings. The molecule has 2 heteroatoms. The van der Waals surface area contributed by atoms with E-state index in [9.17, 15) is 4.79 Å². The van der Waals surface area contributed by atoms with Crippen LogP contribution in [0, 0.1) is 0 Å². The summed E-state index contributed by atoms with van der Waals surface area (Å²) in [5, 5.41) is 0. The molecule has 0 bridgehead atoms. The van der Waals surface area contributed by atoms with Gasteiger partial charge in [-0.15, -0.1) is 11.8 Å². The molecule has 0 rings (SSSR count). The first-order valence-electron chi connectivity index (χ1n) is 6.61. The van der Waals surface area contributed by atoms with Crippen LogP contribution in [0.4, 0.5) is 0 Å². The number of carbonyl (C=O) groups excluding carboxylic acids is 1. The second kappa shape index (κ2) is 9.09. The topological polar surface area (TPSA) is 17.1 Å². The van der Waals surface area contributed by atoms with Gasteiger partial charge < -0.3 is 0 Å². The van der Waals surface area contributed by atoms with E-state index in [4.69, 9.17) is 0 Å². The van der Waals surface area contributed by atoms with Gasteiger partial charge >= 0.3 is 0 Å². The van der Waals surface area contributed by atoms with Crippen LogP contribution >= 0.6 is 11.8 Å². The Morgan fingerprint density at radius 3 is 2.12 bits per heavy atom. The Morgan fingerprint density at radius 1 is 1.00 bits per heavy atom. The predicted molar refractivity (Wildman–Crippen MR) is 75.2 cm³/mol. The quantitative estimate of drug-likeness (QED) is 0.540. The zero-order valence-corrected chi connectivity index (χ0v) is 12.3. The molecule has 0 aromatic carbocycles. The first-order valence-corrected chi connectivity index (χ1v) is 7.60. The molecule has 0 aromatic heterocycles. The molecule has 96 valence electrons. The predicted octanol–water partition coefficient (Wildman–Crippen LogP) is 4.84. The van der Waals surface area contributed by atoms with Crippen molar-refractivity contribution >= 4 is 17.5 Å². The van der Waals surface area contributed by atoms with Gasteiger partial charge in [0.2, 0.25) is 0 Å². The van der Waals surface area contributed by atoms with Gasteiger partial charge in [-0.05, 0) is 6.42 Å². The molecule has 0 saturated carbocycles. The highest BCUT2D eigenvalue weighted by Crippen LogP contribution is 2.23. The van der Waals surface area contributed by atoms with Gasteiger partial charge in [0.15, 0.2) is 0 Å². The van der Waals surface area contributed by atoms with Crippen LogP contribution < -0.4 is 0 Å². The van der Waals surface area contributed by atoms with E-state index in [1.165, 1.54) is 32.1 Å². The Balaban J connectivity index is 3.31. The summed E-state index contributed by atoms with van der Waals surface area (Å²) in [5.41, 5.74) is 0. The van der Waals surface area contributed by atoms with Crippen molar-refractivity contribution in [3.63, 3.8) is 0 Å². The SMILES string of the molecule is CCCCCCCCC(=O)CSC(C)(C)C. The Labute approximate surface area is 106 Å². The lowest BCUT2D eigenvalue weighted by Crippen LogP contribution is -2.12. The van der Waals surface area contributed by atoms with Gasteiger partial charge in [0.05, 0.1) is 5.75 Å². The minimum absolute atomic E-state index is 0.219. The molecule has 0 atom stereocenters. The zero-order valence-electron chi connectivity index (χ0n) is 11.5. The zero-order chi connectivity index (χ0) is 12.4. The van der Waals surface area contributed by atoms with Crippen molar-refractivity contribution in [1.82, 2.24) is 0 Å². The van der Waals surface area contributed by atoms with Crippen LogP contribution in [0.2, 0.25) is 0 Å². The molecule has 0 radical (unpaired) electrons. The molecular weight excluding hydrogens is 216 g/mol. The molecule has 16 heavy (non-hydrogen) atoms. The number of ketones is 1. The molecule has 0 saturated heterocycles. The first-order chi connectivity index (χ1) is 7.45. The monoisotopic (exact) mass is 244 g/mol. The first kappa shape index (κ1) is 16.0. The van der Waals surface area contributed by atoms with Crippen LogP contribution in [-0.2, 0) is 4.79 Å². The Hall–Kier alpha value is 0.0200. The van der Waals surface area contributed by atoms with E-state index in [-0.39, 0.29) is 4.75 Å². The summed E-state index contributed by atoms with van der Waals surface area (Å²) in [6.45, 7) is 8.72. The van der Waals surface area contributed by atoms with Crippen molar-refractivity contribution in [1.29, 1.82) is 0 Å². The summed E-state index contributed by atoms with van der Waals surface area (Å²) in [6, 6.07) is 0. The minimum Gasteiger partial charge on any atom is -0.299 e. The third-order valence-electron chi connectivity index (χ3n) is 2.48. The van der Waals surface area contributed by atoms with Gasteiger partial charge in [-0.3, -0.25) is 4.79 Å². The van der Waals surface area contributed by atoms with Crippen molar-refractivity contribution in [2.45, 2.75) is 77.4 Å². The van der Waals surface area contributed by atoms with E-state index in [1.54, 1.807) is 11.8 Å². The number of thioether (sulfide) groups is 1. The number of unbranched alkanes of at least 4 members (excludes halogenated alkanes) is 5. The normalized spacial score (nSPS) is 11.8. The van der Waals surface area contributed by atoms with Gasteiger partial charge in [-0.25, -0.2) is 0 Å². The summed E-state index contributed by atoms with van der Waals surface area (Å²) >= 11 is 1.76. The third-order valence-corrected chi connectivity index (χ3v) is 3.81. The standard InChI is InChI=1S/C14H28OS/c1-5-6-7-8-9-10-11-13(15)12-16-14(2,3)4/h5-12H2,1-4H3. The average Bonchev–Trinajstić information content (AvgIpc) is 2.19. The van der Waals surface area contributed by atoms with E-state index >= 15 is 0 Å². The maximum atomic E-state index is 11.6. The second-order valence-corrected chi connectivity index (χ2v) is 7.26. The fourth-order valence-electron chi connectivity index (χ4n) is 1.47. The number of hydrogen-bond donors (Lipinski definition) is 0. The molecule has 0 N–H and O–H groups in total. The molecular formula is C14H28OS. The van der Waals surface area contributed by atoms with Gasteiger partial charge in [0, 0.05) is 11.2 Å². The van der Waals surface area contributed by atoms with Crippen LogP contribution in [0.25, 0.3) is 0 Å². The summed E-state index contributed by atoms with van der Waals surface area (Å²) < 4.78 is 0.219. The number of hydrogen-bond acceptors (Lipinski definition) is 2. The molecule has 0 unspecified atom stereocenters. The highest BCUT2D eigenvalue weighted by Gasteiger charge is 2.12. The molecule has 0 aliphatic heterocycles. The molecule has 0 aromatic rings. The number of rotatable bonds is 9. The highest BCUT2D eigenvalue weighted by atomic mass is 32.2. The Morgan fingerprint density at radius 2 is 1.56 bits per heavy atom. The molecule has 1 nitrogen and oxygen atoms in total. The highest BCUT2D eigenvalue weighted by molar-refractivity contribution is 8.01. The van der Waals surface area contributed by atoms with Crippen LogP contribution in [0.5, 0.6) is 0 Å². The maximum absolute atomic E-state index is 11.6. The second-order valence-electron chi connectivity index (χ2n) is 5.46. The lowest BCUT2D eigenvalue weighted by atomic mass is 10.1. The fourth-order valence-corrected chi connectivity index (χ4v) is 2.21. The summed E-state index contributed by atoms with van der Waals surface area (Å²) in [5.74, 6) is 1.12. The van der Waals surface area contributed by atoms with Crippen LogP contribution in [0.1, 0.15) is 72.6 Å². The maximum Gasteiger partial charge on any atom is 0.142 e. The van der Waals surface area contributed by atoms with Crippen molar-refractivity contribution in [3.8, 4) is 0 Å². The minimum atomic E-state index is 0.219. The summed E-state index contributed by atoms with van der Waals surface area (Å²) in [7, 11) is 0. The fraction of sp³-hybridized carbons (Fsp3) is 0.929. The molecule has 0 spiro atoms. The van der Waals surface area contributed by atoms with E-state index in [0.717, 1.165) is 12.8 Å². The van der Waals surface area contributed by atoms with Crippen LogP contribution in [-0.4, -0.2) is 16.3 Å². The summed E-state index contributed by atoms with van der Waals surface area (Å²) in [4.78, 5) is 11.6. The van der Waals surface area contributed by atoms with E-state index in [0.29, 0.717) is 11.5 Å². The molecule has 0 aliphatic carbocycles. The third kappa shape index (κ3) is 12.1. The van der Waals surface area contributed by atoms with Gasteiger partial charge in [0.1, 0.15) is 5.78 Å². The van der Waals surface area contributed by atoms with Crippen LogP contribution in [0.3, 0.4) is 0 Å². The van der Waals surface area contributed by atoms with Gasteiger partial charge in [-0.2, -0.15) is 0 Å². The lowest BCUT2D eigenvalue weighted by Gasteiger charge is -2.16. The van der Waals surface area contributed by atoms with E-state index < -0.39 is 0 Å². The number of carbonyl (C=O) groups is 1. The molecule has 0 amide bonds. The molecule has 0 heterocycles. The van der Waals surface area contributed by atoms with E-state index in [1.807, 2.05) is 0 Å². The van der Waals surface area contributed by atoms with Gasteiger partial charge in [-0.1, -0.05) is 59.8 Å². The smallest absolute Gasteiger partial charge is 0.142 e. The van der Waals surface area contributed by atoms with Gasteiger partial charge in [0.25, 0.3) is 0 Å². The average molecular weight is 244 g/mol. The van der Waals surface area contributed by atoms with Crippen molar-refractivity contribution in [2.75, 3.05) is 5.75 Å². The van der Waals surface area contributed by atoms with Crippen molar-refractivity contribution < 1.29 is 4.79 Å². The largest absolute Gasteiger partial charge is 0.299 e. The van der Waals surface area contributed by atoms with Crippen LogP contribution in [0.15, 0.2) is 0 Å². The Bertz CT molecular complexity index is 182. The number of Topliss-reactive ketones (excluding diaryl/α,β-unsaturated/α-hetero) is 1. The lowest BCUT2D eigenvalue weighted by molar-refractivity contribution is -0.116.